The van der Waals surface area contributed by atoms with Crippen LogP contribution >= 0.6 is 0 Å². The van der Waals surface area contributed by atoms with Crippen molar-refractivity contribution in [1.29, 1.82) is 0 Å². The molecule has 0 unspecified atom stereocenters. The molecule has 1 aliphatic rings. The number of hydrogen-bond donors (Lipinski definition) is 2. The molecule has 0 bridgehead atoms. The van der Waals surface area contributed by atoms with E-state index < -0.39 is 0 Å². The van der Waals surface area contributed by atoms with Crippen LogP contribution in [0.25, 0.3) is 0 Å². The monoisotopic (exact) mass is 366 g/mol. The van der Waals surface area contributed by atoms with Gasteiger partial charge in [-0.15, -0.1) is 0 Å². The van der Waals surface area contributed by atoms with Crippen LogP contribution < -0.4 is 15.5 Å². The Morgan fingerprint density at radius 3 is 2.15 bits per heavy atom. The van der Waals surface area contributed by atoms with Crippen molar-refractivity contribution in [2.75, 3.05) is 55.3 Å². The van der Waals surface area contributed by atoms with Gasteiger partial charge in [-0.25, -0.2) is 0 Å². The van der Waals surface area contributed by atoms with Gasteiger partial charge in [0.2, 0.25) is 5.91 Å². The van der Waals surface area contributed by atoms with Gasteiger partial charge < -0.3 is 20.4 Å². The molecule has 1 aliphatic heterocycles. The molecular formula is C22H30N4O. The van der Waals surface area contributed by atoms with E-state index in [1.807, 2.05) is 26.0 Å². The van der Waals surface area contributed by atoms with Crippen molar-refractivity contribution in [3.05, 3.63) is 53.1 Å². The maximum Gasteiger partial charge on any atom is 0.243 e. The molecular weight excluding hydrogens is 336 g/mol. The van der Waals surface area contributed by atoms with Crippen LogP contribution in [0.15, 0.2) is 36.4 Å². The van der Waals surface area contributed by atoms with Gasteiger partial charge in [0.1, 0.15) is 0 Å². The van der Waals surface area contributed by atoms with E-state index in [1.54, 1.807) is 0 Å². The Labute approximate surface area is 162 Å². The number of carbonyl (C=O) groups excluding carboxylic acids is 1. The fourth-order valence-electron chi connectivity index (χ4n) is 3.60. The van der Waals surface area contributed by atoms with Crippen LogP contribution in [0, 0.1) is 20.8 Å². The van der Waals surface area contributed by atoms with Crippen molar-refractivity contribution in [1.82, 2.24) is 4.90 Å². The second kappa shape index (κ2) is 8.44. The number of aryl methyl sites for hydroxylation is 3. The van der Waals surface area contributed by atoms with E-state index in [-0.39, 0.29) is 12.5 Å². The third-order valence-corrected chi connectivity index (χ3v) is 5.13. The van der Waals surface area contributed by atoms with Gasteiger partial charge in [0.15, 0.2) is 0 Å². The van der Waals surface area contributed by atoms with Crippen molar-refractivity contribution in [2.45, 2.75) is 20.8 Å². The number of nitrogens with zero attached hydrogens (tertiary/aromatic N) is 2. The Morgan fingerprint density at radius 2 is 1.56 bits per heavy atom. The summed E-state index contributed by atoms with van der Waals surface area (Å²) in [4.78, 5) is 17.1. The highest BCUT2D eigenvalue weighted by Crippen LogP contribution is 2.22. The van der Waals surface area contributed by atoms with Crippen LogP contribution in [-0.2, 0) is 4.79 Å². The lowest BCUT2D eigenvalue weighted by molar-refractivity contribution is -0.114. The molecule has 2 aromatic carbocycles. The Balaban J connectivity index is 1.53. The summed E-state index contributed by atoms with van der Waals surface area (Å²) in [7, 11) is 2.16. The van der Waals surface area contributed by atoms with E-state index in [1.165, 1.54) is 11.3 Å². The lowest BCUT2D eigenvalue weighted by Gasteiger charge is -2.34. The number of carbonyl (C=O) groups is 1. The number of rotatable bonds is 5. The van der Waals surface area contributed by atoms with Crippen LogP contribution in [0.1, 0.15) is 16.7 Å². The Morgan fingerprint density at radius 1 is 0.963 bits per heavy atom. The van der Waals surface area contributed by atoms with Gasteiger partial charge in [0.25, 0.3) is 0 Å². The first-order valence-corrected chi connectivity index (χ1v) is 9.57. The molecule has 1 heterocycles. The van der Waals surface area contributed by atoms with E-state index in [9.17, 15) is 4.79 Å². The van der Waals surface area contributed by atoms with E-state index in [2.05, 4.69) is 58.7 Å². The normalized spacial score (nSPS) is 14.9. The molecule has 2 N–H and O–H groups in total. The predicted octanol–water partition coefficient (Wildman–Crippen LogP) is 3.41. The SMILES string of the molecule is Cc1cc(C)c(NC(=O)CNc2ccc(N3CCN(C)CC3)cc2)c(C)c1. The number of likely N-dealkylation sites (N-methyl/N-ethyl adjacent to an activating group) is 1. The van der Waals surface area contributed by atoms with E-state index in [0.29, 0.717) is 0 Å². The molecule has 1 saturated heterocycles. The van der Waals surface area contributed by atoms with E-state index in [4.69, 9.17) is 0 Å². The third kappa shape index (κ3) is 5.01. The summed E-state index contributed by atoms with van der Waals surface area (Å²) in [6.45, 7) is 10.7. The average Bonchev–Trinajstić information content (AvgIpc) is 2.64. The van der Waals surface area contributed by atoms with Crippen molar-refractivity contribution >= 4 is 23.0 Å². The number of hydrogen-bond acceptors (Lipinski definition) is 4. The zero-order valence-electron chi connectivity index (χ0n) is 16.8. The lowest BCUT2D eigenvalue weighted by Crippen LogP contribution is -2.44. The first kappa shape index (κ1) is 19.2. The fourth-order valence-corrected chi connectivity index (χ4v) is 3.60. The maximum absolute atomic E-state index is 12.3. The first-order valence-electron chi connectivity index (χ1n) is 9.57. The topological polar surface area (TPSA) is 47.6 Å². The van der Waals surface area contributed by atoms with Gasteiger partial charge in [0, 0.05) is 43.2 Å². The molecule has 0 aromatic heterocycles. The van der Waals surface area contributed by atoms with Gasteiger partial charge in [-0.2, -0.15) is 0 Å². The molecule has 0 atom stereocenters. The predicted molar refractivity (Wildman–Crippen MR) is 114 cm³/mol. The summed E-state index contributed by atoms with van der Waals surface area (Å²) >= 11 is 0. The van der Waals surface area contributed by atoms with Crippen LogP contribution in [0.3, 0.4) is 0 Å². The second-order valence-electron chi connectivity index (χ2n) is 7.51. The zero-order valence-corrected chi connectivity index (χ0v) is 16.8. The Hall–Kier alpha value is -2.53. The highest BCUT2D eigenvalue weighted by molar-refractivity contribution is 5.95. The molecule has 144 valence electrons. The summed E-state index contributed by atoms with van der Waals surface area (Å²) in [5.41, 5.74) is 6.51. The molecule has 1 fully saturated rings. The number of benzene rings is 2. The Bertz CT molecular complexity index is 769. The summed E-state index contributed by atoms with van der Waals surface area (Å²) in [6, 6.07) is 12.5. The molecule has 27 heavy (non-hydrogen) atoms. The maximum atomic E-state index is 12.3. The molecule has 0 radical (unpaired) electrons. The summed E-state index contributed by atoms with van der Waals surface area (Å²) in [5.74, 6) is -0.0341. The van der Waals surface area contributed by atoms with Gasteiger partial charge in [-0.05, 0) is 63.2 Å². The van der Waals surface area contributed by atoms with Crippen molar-refractivity contribution in [3.63, 3.8) is 0 Å². The number of anilines is 3. The molecule has 2 aromatic rings. The van der Waals surface area contributed by atoms with Gasteiger partial charge >= 0.3 is 0 Å². The highest BCUT2D eigenvalue weighted by atomic mass is 16.1. The number of nitrogens with one attached hydrogen (secondary N) is 2. The Kier molecular flexibility index (Phi) is 6.01. The molecule has 3 rings (SSSR count). The second-order valence-corrected chi connectivity index (χ2v) is 7.51. The van der Waals surface area contributed by atoms with Crippen molar-refractivity contribution in [3.8, 4) is 0 Å². The van der Waals surface area contributed by atoms with Crippen LogP contribution in [0.2, 0.25) is 0 Å². The fraction of sp³-hybridized carbons (Fsp3) is 0.409. The molecule has 0 aliphatic carbocycles. The largest absolute Gasteiger partial charge is 0.376 e. The molecule has 1 amide bonds. The zero-order chi connectivity index (χ0) is 19.4. The summed E-state index contributed by atoms with van der Waals surface area (Å²) in [6.07, 6.45) is 0. The van der Waals surface area contributed by atoms with Crippen LogP contribution in [-0.4, -0.2) is 50.6 Å². The minimum atomic E-state index is -0.0341. The standard InChI is InChI=1S/C22H30N4O/c1-16-13-17(2)22(18(3)14-16)24-21(27)15-23-19-5-7-20(8-6-19)26-11-9-25(4)10-12-26/h5-8,13-14,23H,9-12,15H2,1-4H3,(H,24,27). The van der Waals surface area contributed by atoms with Crippen molar-refractivity contribution in [2.24, 2.45) is 0 Å². The molecule has 5 nitrogen and oxygen atoms in total. The molecule has 5 heteroatoms. The minimum absolute atomic E-state index is 0.0341. The number of piperazine rings is 1. The quantitative estimate of drug-likeness (QED) is 0.851. The lowest BCUT2D eigenvalue weighted by atomic mass is 10.1. The summed E-state index contributed by atoms with van der Waals surface area (Å²) in [5, 5.41) is 6.24. The van der Waals surface area contributed by atoms with Crippen LogP contribution in [0.4, 0.5) is 17.1 Å². The highest BCUT2D eigenvalue weighted by Gasteiger charge is 2.14. The first-order chi connectivity index (χ1) is 12.9. The minimum Gasteiger partial charge on any atom is -0.376 e. The van der Waals surface area contributed by atoms with Gasteiger partial charge in [0.05, 0.1) is 6.54 Å². The average molecular weight is 367 g/mol. The van der Waals surface area contributed by atoms with E-state index >= 15 is 0 Å². The smallest absolute Gasteiger partial charge is 0.243 e. The van der Waals surface area contributed by atoms with Gasteiger partial charge in [-0.1, -0.05) is 17.7 Å². The molecule has 0 spiro atoms. The third-order valence-electron chi connectivity index (χ3n) is 5.13. The van der Waals surface area contributed by atoms with Gasteiger partial charge in [-0.3, -0.25) is 4.79 Å². The van der Waals surface area contributed by atoms with E-state index in [0.717, 1.165) is 48.7 Å². The molecule has 0 saturated carbocycles. The summed E-state index contributed by atoms with van der Waals surface area (Å²) < 4.78 is 0. The van der Waals surface area contributed by atoms with Crippen molar-refractivity contribution < 1.29 is 4.79 Å². The number of amides is 1. The van der Waals surface area contributed by atoms with Crippen LogP contribution in [0.5, 0.6) is 0 Å².